The van der Waals surface area contributed by atoms with E-state index in [9.17, 15) is 0 Å². The van der Waals surface area contributed by atoms with Gasteiger partial charge in [0.1, 0.15) is 5.82 Å². The van der Waals surface area contributed by atoms with E-state index < -0.39 is 0 Å². The summed E-state index contributed by atoms with van der Waals surface area (Å²) >= 11 is 0. The summed E-state index contributed by atoms with van der Waals surface area (Å²) < 4.78 is 0. The summed E-state index contributed by atoms with van der Waals surface area (Å²) in [6.45, 7) is 9.04. The quantitative estimate of drug-likeness (QED) is 0.742. The molecule has 3 nitrogen and oxygen atoms in total. The van der Waals surface area contributed by atoms with Gasteiger partial charge in [0, 0.05) is 18.7 Å². The van der Waals surface area contributed by atoms with E-state index in [2.05, 4.69) is 35.9 Å². The van der Waals surface area contributed by atoms with Crippen LogP contribution in [-0.4, -0.2) is 23.3 Å². The third kappa shape index (κ3) is 1.63. The van der Waals surface area contributed by atoms with Crippen LogP contribution in [0.15, 0.2) is 6.20 Å². The number of nitrogens with zero attached hydrogens (tertiary/aromatic N) is 2. The van der Waals surface area contributed by atoms with E-state index in [1.54, 1.807) is 0 Å². The summed E-state index contributed by atoms with van der Waals surface area (Å²) in [5.41, 5.74) is 1.52. The normalized spacial score (nSPS) is 17.8. The smallest absolute Gasteiger partial charge is 0.127 e. The molecule has 0 amide bonds. The first-order chi connectivity index (χ1) is 6.59. The molecule has 78 valence electrons. The zero-order valence-electron chi connectivity index (χ0n) is 9.30. The van der Waals surface area contributed by atoms with E-state index in [0.29, 0.717) is 0 Å². The standard InChI is InChI=1S/C11H19N3/c1-11(2,3)9-8-12-13-10(9)14-6-4-5-7-14/h8H,4-7H2,1-3H3,(H,12,13). The lowest BCUT2D eigenvalue weighted by molar-refractivity contribution is 0.589. The molecule has 1 fully saturated rings. The molecule has 2 heterocycles. The molecule has 0 saturated carbocycles. The molecule has 1 aromatic rings. The Labute approximate surface area is 85.5 Å². The van der Waals surface area contributed by atoms with Gasteiger partial charge in [-0.2, -0.15) is 5.10 Å². The summed E-state index contributed by atoms with van der Waals surface area (Å²) in [4.78, 5) is 2.41. The Morgan fingerprint density at radius 2 is 1.93 bits per heavy atom. The second-order valence-electron chi connectivity index (χ2n) is 5.08. The van der Waals surface area contributed by atoms with Crippen molar-refractivity contribution in [2.75, 3.05) is 18.0 Å². The van der Waals surface area contributed by atoms with Gasteiger partial charge in [-0.15, -0.1) is 0 Å². The van der Waals surface area contributed by atoms with Crippen LogP contribution in [0.5, 0.6) is 0 Å². The molecule has 1 aromatic heterocycles. The molecule has 2 rings (SSSR count). The average Bonchev–Trinajstić information content (AvgIpc) is 2.73. The number of hydrogen-bond donors (Lipinski definition) is 1. The van der Waals surface area contributed by atoms with Crippen LogP contribution in [0.2, 0.25) is 0 Å². The van der Waals surface area contributed by atoms with Crippen molar-refractivity contribution in [2.45, 2.75) is 39.0 Å². The van der Waals surface area contributed by atoms with Crippen molar-refractivity contribution in [3.8, 4) is 0 Å². The van der Waals surface area contributed by atoms with Gasteiger partial charge in [-0.1, -0.05) is 20.8 Å². The van der Waals surface area contributed by atoms with Crippen LogP contribution in [0.25, 0.3) is 0 Å². The molecule has 14 heavy (non-hydrogen) atoms. The van der Waals surface area contributed by atoms with E-state index in [1.165, 1.54) is 37.3 Å². The lowest BCUT2D eigenvalue weighted by atomic mass is 9.88. The lowest BCUT2D eigenvalue weighted by Gasteiger charge is -2.23. The van der Waals surface area contributed by atoms with Gasteiger partial charge in [0.05, 0.1) is 6.20 Å². The Kier molecular flexibility index (Phi) is 2.25. The fourth-order valence-corrected chi connectivity index (χ4v) is 2.01. The van der Waals surface area contributed by atoms with Gasteiger partial charge in [-0.05, 0) is 18.3 Å². The molecule has 0 spiro atoms. The predicted octanol–water partition coefficient (Wildman–Crippen LogP) is 2.31. The van der Waals surface area contributed by atoms with Crippen molar-refractivity contribution in [3.05, 3.63) is 11.8 Å². The minimum atomic E-state index is 0.185. The van der Waals surface area contributed by atoms with Gasteiger partial charge in [-0.3, -0.25) is 5.10 Å². The summed E-state index contributed by atoms with van der Waals surface area (Å²) in [5, 5.41) is 7.30. The first-order valence-corrected chi connectivity index (χ1v) is 5.38. The highest BCUT2D eigenvalue weighted by atomic mass is 15.3. The molecular formula is C11H19N3. The summed E-state index contributed by atoms with van der Waals surface area (Å²) in [6, 6.07) is 0. The summed E-state index contributed by atoms with van der Waals surface area (Å²) in [6.07, 6.45) is 4.58. The molecule has 3 heteroatoms. The lowest BCUT2D eigenvalue weighted by Crippen LogP contribution is -2.23. The van der Waals surface area contributed by atoms with Crippen molar-refractivity contribution in [1.29, 1.82) is 0 Å². The maximum Gasteiger partial charge on any atom is 0.127 e. The molecule has 1 saturated heterocycles. The Morgan fingerprint density at radius 1 is 1.29 bits per heavy atom. The largest absolute Gasteiger partial charge is 0.357 e. The van der Waals surface area contributed by atoms with Crippen LogP contribution in [0.4, 0.5) is 5.82 Å². The zero-order chi connectivity index (χ0) is 10.2. The minimum absolute atomic E-state index is 0.185. The van der Waals surface area contributed by atoms with Crippen LogP contribution in [0.3, 0.4) is 0 Å². The van der Waals surface area contributed by atoms with Crippen LogP contribution in [0, 0.1) is 0 Å². The van der Waals surface area contributed by atoms with Crippen molar-refractivity contribution < 1.29 is 0 Å². The van der Waals surface area contributed by atoms with Crippen molar-refractivity contribution >= 4 is 5.82 Å². The number of aromatic nitrogens is 2. The monoisotopic (exact) mass is 193 g/mol. The fraction of sp³-hybridized carbons (Fsp3) is 0.727. The Hall–Kier alpha value is -0.990. The van der Waals surface area contributed by atoms with Gasteiger partial charge in [0.2, 0.25) is 0 Å². The van der Waals surface area contributed by atoms with Gasteiger partial charge in [0.25, 0.3) is 0 Å². The predicted molar refractivity (Wildman–Crippen MR) is 58.7 cm³/mol. The fourth-order valence-electron chi connectivity index (χ4n) is 2.01. The second kappa shape index (κ2) is 3.30. The highest BCUT2D eigenvalue weighted by Gasteiger charge is 2.24. The van der Waals surface area contributed by atoms with Gasteiger partial charge >= 0.3 is 0 Å². The van der Waals surface area contributed by atoms with E-state index in [4.69, 9.17) is 0 Å². The molecule has 0 aliphatic carbocycles. The molecule has 1 aliphatic heterocycles. The summed E-state index contributed by atoms with van der Waals surface area (Å²) in [5.74, 6) is 1.23. The molecule has 1 aliphatic rings. The van der Waals surface area contributed by atoms with Crippen LogP contribution < -0.4 is 4.90 Å². The van der Waals surface area contributed by atoms with Crippen LogP contribution >= 0.6 is 0 Å². The third-order valence-corrected chi connectivity index (χ3v) is 2.85. The van der Waals surface area contributed by atoms with E-state index in [-0.39, 0.29) is 5.41 Å². The van der Waals surface area contributed by atoms with Crippen molar-refractivity contribution in [2.24, 2.45) is 0 Å². The van der Waals surface area contributed by atoms with Crippen molar-refractivity contribution in [3.63, 3.8) is 0 Å². The highest BCUT2D eigenvalue weighted by molar-refractivity contribution is 5.49. The maximum absolute atomic E-state index is 4.17. The number of nitrogens with one attached hydrogen (secondary N) is 1. The number of aromatic amines is 1. The van der Waals surface area contributed by atoms with E-state index in [1.807, 2.05) is 6.20 Å². The Morgan fingerprint density at radius 3 is 2.50 bits per heavy atom. The molecule has 1 N–H and O–H groups in total. The Bertz CT molecular complexity index is 303. The maximum atomic E-state index is 4.17. The first kappa shape index (κ1) is 9.56. The van der Waals surface area contributed by atoms with E-state index in [0.717, 1.165) is 0 Å². The molecule has 0 unspecified atom stereocenters. The molecule has 0 atom stereocenters. The van der Waals surface area contributed by atoms with Gasteiger partial charge < -0.3 is 4.90 Å². The SMILES string of the molecule is CC(C)(C)c1cn[nH]c1N1CCCC1. The number of anilines is 1. The minimum Gasteiger partial charge on any atom is -0.357 e. The molecule has 0 bridgehead atoms. The number of H-pyrrole nitrogens is 1. The van der Waals surface area contributed by atoms with Gasteiger partial charge in [0.15, 0.2) is 0 Å². The Balaban J connectivity index is 2.29. The van der Waals surface area contributed by atoms with Gasteiger partial charge in [-0.25, -0.2) is 0 Å². The zero-order valence-corrected chi connectivity index (χ0v) is 9.30. The van der Waals surface area contributed by atoms with Crippen LogP contribution in [-0.2, 0) is 5.41 Å². The van der Waals surface area contributed by atoms with Crippen LogP contribution in [0.1, 0.15) is 39.2 Å². The van der Waals surface area contributed by atoms with Crippen molar-refractivity contribution in [1.82, 2.24) is 10.2 Å². The molecule has 0 radical (unpaired) electrons. The number of rotatable bonds is 1. The molecule has 0 aromatic carbocycles. The van der Waals surface area contributed by atoms with E-state index >= 15 is 0 Å². The average molecular weight is 193 g/mol. The third-order valence-electron chi connectivity index (χ3n) is 2.85. The topological polar surface area (TPSA) is 31.9 Å². The number of hydrogen-bond acceptors (Lipinski definition) is 2. The highest BCUT2D eigenvalue weighted by Crippen LogP contribution is 2.31. The second-order valence-corrected chi connectivity index (χ2v) is 5.08. The summed E-state index contributed by atoms with van der Waals surface area (Å²) in [7, 11) is 0. The first-order valence-electron chi connectivity index (χ1n) is 5.38. The molecular weight excluding hydrogens is 174 g/mol.